The van der Waals surface area contributed by atoms with Crippen LogP contribution in [0.5, 0.6) is 0 Å². The molecule has 0 spiro atoms. The van der Waals surface area contributed by atoms with E-state index < -0.39 is 0 Å². The molecule has 3 aromatic rings. The van der Waals surface area contributed by atoms with Crippen LogP contribution in [0.1, 0.15) is 36.2 Å². The molecule has 1 saturated heterocycles. The summed E-state index contributed by atoms with van der Waals surface area (Å²) in [7, 11) is 1.65. The number of nitrogens with one attached hydrogen (secondary N) is 1. The smallest absolute Gasteiger partial charge is 0.253 e. The highest BCUT2D eigenvalue weighted by Gasteiger charge is 2.26. The molecule has 1 fully saturated rings. The molecule has 1 unspecified atom stereocenters. The second-order valence-electron chi connectivity index (χ2n) is 7.91. The lowest BCUT2D eigenvalue weighted by molar-refractivity contribution is 0.0930. The van der Waals surface area contributed by atoms with Crippen molar-refractivity contribution in [2.24, 2.45) is 0 Å². The van der Waals surface area contributed by atoms with Gasteiger partial charge in [0, 0.05) is 38.0 Å². The second kappa shape index (κ2) is 9.82. The number of nitrogens with zero attached hydrogens (tertiary/aromatic N) is 6. The summed E-state index contributed by atoms with van der Waals surface area (Å²) >= 11 is 0. The van der Waals surface area contributed by atoms with E-state index in [0.29, 0.717) is 23.4 Å². The van der Waals surface area contributed by atoms with Gasteiger partial charge < -0.3 is 15.0 Å². The third kappa shape index (κ3) is 4.91. The van der Waals surface area contributed by atoms with Crippen LogP contribution in [0.15, 0.2) is 42.6 Å². The molecule has 2 aromatic heterocycles. The van der Waals surface area contributed by atoms with Gasteiger partial charge in [0.1, 0.15) is 5.82 Å². The highest BCUT2D eigenvalue weighted by molar-refractivity contribution is 5.94. The van der Waals surface area contributed by atoms with Crippen LogP contribution in [0.3, 0.4) is 0 Å². The van der Waals surface area contributed by atoms with Gasteiger partial charge in [-0.25, -0.2) is 9.07 Å². The van der Waals surface area contributed by atoms with Crippen LogP contribution in [-0.2, 0) is 4.74 Å². The molecule has 0 aliphatic carbocycles. The largest absolute Gasteiger partial charge is 0.382 e. The highest BCUT2D eigenvalue weighted by Crippen LogP contribution is 2.21. The Kier molecular flexibility index (Phi) is 6.69. The Morgan fingerprint density at radius 3 is 2.78 bits per heavy atom. The molecule has 0 radical (unpaired) electrons. The Bertz CT molecular complexity index is 1050. The van der Waals surface area contributed by atoms with Crippen molar-refractivity contribution in [1.82, 2.24) is 30.5 Å². The van der Waals surface area contributed by atoms with Gasteiger partial charge in [0.05, 0.1) is 23.9 Å². The fourth-order valence-electron chi connectivity index (χ4n) is 3.83. The number of rotatable bonds is 7. The normalized spacial score (nSPS) is 15.5. The molecule has 1 N–H and O–H groups in total. The number of ether oxygens (including phenoxy) is 1. The van der Waals surface area contributed by atoms with Crippen molar-refractivity contribution in [3.63, 3.8) is 0 Å². The molecule has 4 rings (SSSR count). The van der Waals surface area contributed by atoms with Gasteiger partial charge in [-0.1, -0.05) is 17.2 Å². The number of halogens is 1. The van der Waals surface area contributed by atoms with E-state index >= 15 is 0 Å². The van der Waals surface area contributed by atoms with Gasteiger partial charge >= 0.3 is 0 Å². The maximum absolute atomic E-state index is 13.4. The molecule has 168 valence electrons. The SMILES string of the molecule is COCC(C)n1nnnc1N1CCC(NC(=O)c2ccc(-c3cccc(F)c3)nc2)CC1. The van der Waals surface area contributed by atoms with E-state index in [0.717, 1.165) is 31.9 Å². The third-order valence-corrected chi connectivity index (χ3v) is 5.56. The molecule has 3 heterocycles. The lowest BCUT2D eigenvalue weighted by atomic mass is 10.0. The lowest BCUT2D eigenvalue weighted by Gasteiger charge is -2.33. The predicted octanol–water partition coefficient (Wildman–Crippen LogP) is 2.48. The van der Waals surface area contributed by atoms with Crippen molar-refractivity contribution >= 4 is 11.9 Å². The molecule has 9 nitrogen and oxygen atoms in total. The van der Waals surface area contributed by atoms with Crippen LogP contribution >= 0.6 is 0 Å². The summed E-state index contributed by atoms with van der Waals surface area (Å²) in [6, 6.07) is 9.75. The molecule has 0 saturated carbocycles. The molecule has 1 aromatic carbocycles. The minimum absolute atomic E-state index is 0.0327. The van der Waals surface area contributed by atoms with Crippen molar-refractivity contribution in [2.45, 2.75) is 31.8 Å². The van der Waals surface area contributed by atoms with E-state index in [9.17, 15) is 9.18 Å². The number of anilines is 1. The molecular formula is C22H26FN7O2. The fourth-order valence-corrected chi connectivity index (χ4v) is 3.83. The summed E-state index contributed by atoms with van der Waals surface area (Å²) in [5.74, 6) is 0.233. The number of carbonyl (C=O) groups is 1. The zero-order valence-electron chi connectivity index (χ0n) is 18.1. The maximum atomic E-state index is 13.4. The highest BCUT2D eigenvalue weighted by atomic mass is 19.1. The van der Waals surface area contributed by atoms with Crippen molar-refractivity contribution in [1.29, 1.82) is 0 Å². The van der Waals surface area contributed by atoms with Crippen LogP contribution in [0, 0.1) is 5.82 Å². The van der Waals surface area contributed by atoms with Gasteiger partial charge in [0.15, 0.2) is 0 Å². The van der Waals surface area contributed by atoms with E-state index in [2.05, 4.69) is 30.7 Å². The van der Waals surface area contributed by atoms with Gasteiger partial charge in [-0.2, -0.15) is 0 Å². The summed E-state index contributed by atoms with van der Waals surface area (Å²) in [5, 5.41) is 15.1. The second-order valence-corrected chi connectivity index (χ2v) is 7.91. The van der Waals surface area contributed by atoms with E-state index in [4.69, 9.17) is 4.74 Å². The summed E-state index contributed by atoms with van der Waals surface area (Å²) < 4.78 is 20.4. The summed E-state index contributed by atoms with van der Waals surface area (Å²) in [5.41, 5.74) is 1.77. The first-order chi connectivity index (χ1) is 15.5. The number of amides is 1. The van der Waals surface area contributed by atoms with Gasteiger partial charge in [0.25, 0.3) is 5.91 Å². The van der Waals surface area contributed by atoms with Crippen molar-refractivity contribution in [3.05, 3.63) is 54.0 Å². The van der Waals surface area contributed by atoms with Gasteiger partial charge in [0.2, 0.25) is 5.95 Å². The minimum Gasteiger partial charge on any atom is -0.382 e. The number of pyridine rings is 1. The first kappa shape index (κ1) is 21.8. The van der Waals surface area contributed by atoms with E-state index in [1.54, 1.807) is 36.1 Å². The Labute approximate surface area is 185 Å². The Morgan fingerprint density at radius 1 is 1.28 bits per heavy atom. The number of tetrazole rings is 1. The fraction of sp³-hybridized carbons (Fsp3) is 0.409. The molecular weight excluding hydrogens is 413 g/mol. The molecule has 1 aliphatic heterocycles. The number of hydrogen-bond donors (Lipinski definition) is 1. The predicted molar refractivity (Wildman–Crippen MR) is 117 cm³/mol. The number of piperidine rings is 1. The molecule has 32 heavy (non-hydrogen) atoms. The van der Waals surface area contributed by atoms with Gasteiger partial charge in [-0.15, -0.1) is 0 Å². The molecule has 1 atom stereocenters. The zero-order chi connectivity index (χ0) is 22.5. The van der Waals surface area contributed by atoms with Gasteiger partial charge in [-0.05, 0) is 54.5 Å². The first-order valence-electron chi connectivity index (χ1n) is 10.6. The van der Waals surface area contributed by atoms with Crippen LogP contribution in [-0.4, -0.2) is 63.9 Å². The average Bonchev–Trinajstić information content (AvgIpc) is 3.30. The van der Waals surface area contributed by atoms with Crippen molar-refractivity contribution < 1.29 is 13.9 Å². The van der Waals surface area contributed by atoms with Crippen LogP contribution in [0.25, 0.3) is 11.3 Å². The molecule has 1 amide bonds. The standard InChI is InChI=1S/C22H26FN7O2/c1-15(14-32-2)30-22(26-27-28-30)29-10-8-19(9-11-29)25-21(31)17-6-7-20(24-13-17)16-4-3-5-18(23)12-16/h3-7,12-13,15,19H,8-11,14H2,1-2H3,(H,25,31). The topological polar surface area (TPSA) is 98.1 Å². The first-order valence-corrected chi connectivity index (χ1v) is 10.6. The van der Waals surface area contributed by atoms with Crippen molar-refractivity contribution in [2.75, 3.05) is 31.7 Å². The lowest BCUT2D eigenvalue weighted by Crippen LogP contribution is -2.45. The summed E-state index contributed by atoms with van der Waals surface area (Å²) in [6.45, 7) is 4.00. The van der Waals surface area contributed by atoms with Gasteiger partial charge in [-0.3, -0.25) is 9.78 Å². The third-order valence-electron chi connectivity index (χ3n) is 5.56. The Hall–Kier alpha value is -3.40. The Morgan fingerprint density at radius 2 is 2.09 bits per heavy atom. The summed E-state index contributed by atoms with van der Waals surface area (Å²) in [4.78, 5) is 19.1. The van der Waals surface area contributed by atoms with Crippen molar-refractivity contribution in [3.8, 4) is 11.3 Å². The van der Waals surface area contributed by atoms with E-state index in [1.807, 2.05) is 6.92 Å². The zero-order valence-corrected chi connectivity index (χ0v) is 18.1. The van der Waals surface area contributed by atoms with E-state index in [-0.39, 0.29) is 23.8 Å². The summed E-state index contributed by atoms with van der Waals surface area (Å²) in [6.07, 6.45) is 3.09. The van der Waals surface area contributed by atoms with Crippen LogP contribution in [0.4, 0.5) is 10.3 Å². The monoisotopic (exact) mass is 439 g/mol. The molecule has 0 bridgehead atoms. The van der Waals surface area contributed by atoms with Crippen LogP contribution < -0.4 is 10.2 Å². The number of aromatic nitrogens is 5. The number of benzene rings is 1. The number of hydrogen-bond acceptors (Lipinski definition) is 7. The average molecular weight is 439 g/mol. The molecule has 1 aliphatic rings. The quantitative estimate of drug-likeness (QED) is 0.604. The van der Waals surface area contributed by atoms with Crippen LogP contribution in [0.2, 0.25) is 0 Å². The minimum atomic E-state index is -0.320. The molecule has 10 heteroatoms. The van der Waals surface area contributed by atoms with E-state index in [1.165, 1.54) is 18.3 Å². The number of methoxy groups -OCH3 is 1. The number of carbonyl (C=O) groups excluding carboxylic acids is 1. The maximum Gasteiger partial charge on any atom is 0.253 e. The Balaban J connectivity index is 1.33.